The van der Waals surface area contributed by atoms with Gasteiger partial charge in [0.05, 0.1) is 0 Å². The van der Waals surface area contributed by atoms with E-state index in [0.717, 1.165) is 12.8 Å². The fourth-order valence-corrected chi connectivity index (χ4v) is 2.99. The number of halogens is 1. The Morgan fingerprint density at radius 2 is 2.00 bits per heavy atom. The summed E-state index contributed by atoms with van der Waals surface area (Å²) in [7, 11) is 0. The molecule has 0 amide bonds. The number of hydrogen-bond donors (Lipinski definition) is 0. The maximum Gasteiger partial charge on any atom is 0.108 e. The highest BCUT2D eigenvalue weighted by atomic mass is 19.1. The topological polar surface area (TPSA) is 0 Å². The maximum atomic E-state index is 13.8. The van der Waals surface area contributed by atoms with Crippen molar-refractivity contribution < 1.29 is 4.39 Å². The first-order chi connectivity index (χ1) is 5.89. The third-order valence-corrected chi connectivity index (χ3v) is 3.03. The van der Waals surface area contributed by atoms with Gasteiger partial charge < -0.3 is 0 Å². The van der Waals surface area contributed by atoms with Gasteiger partial charge in [0.2, 0.25) is 0 Å². The molecule has 0 nitrogen and oxygen atoms in total. The highest BCUT2D eigenvalue weighted by Crippen LogP contribution is 2.40. The Kier molecular flexibility index (Phi) is 3.37. The van der Waals surface area contributed by atoms with Crippen LogP contribution in [-0.2, 0) is 0 Å². The van der Waals surface area contributed by atoms with E-state index in [1.54, 1.807) is 6.92 Å². The van der Waals surface area contributed by atoms with Crippen LogP contribution < -0.4 is 0 Å². The van der Waals surface area contributed by atoms with Gasteiger partial charge in [-0.25, -0.2) is 4.39 Å². The summed E-state index contributed by atoms with van der Waals surface area (Å²) in [4.78, 5) is 0. The molecule has 78 valence electrons. The van der Waals surface area contributed by atoms with E-state index < -0.39 is 5.67 Å². The van der Waals surface area contributed by atoms with E-state index in [0.29, 0.717) is 17.8 Å². The zero-order valence-corrected chi connectivity index (χ0v) is 9.44. The zero-order chi connectivity index (χ0) is 10.1. The van der Waals surface area contributed by atoms with E-state index >= 15 is 0 Å². The van der Waals surface area contributed by atoms with Gasteiger partial charge >= 0.3 is 0 Å². The summed E-state index contributed by atoms with van der Waals surface area (Å²) in [6, 6.07) is 0. The Balaban J connectivity index is 2.48. The molecule has 0 radical (unpaired) electrons. The number of hydrogen-bond acceptors (Lipinski definition) is 0. The van der Waals surface area contributed by atoms with Crippen molar-refractivity contribution in [3.8, 4) is 0 Å². The minimum atomic E-state index is -0.892. The molecule has 1 aliphatic carbocycles. The molecule has 13 heavy (non-hydrogen) atoms. The molecular formula is C12H23F. The zero-order valence-electron chi connectivity index (χ0n) is 9.44. The third kappa shape index (κ3) is 3.66. The second-order valence-electron chi connectivity index (χ2n) is 5.66. The predicted octanol–water partition coefficient (Wildman–Crippen LogP) is 4.20. The molecule has 0 saturated heterocycles. The van der Waals surface area contributed by atoms with Crippen molar-refractivity contribution in [1.82, 2.24) is 0 Å². The average Bonchev–Trinajstić information content (AvgIpc) is 1.78. The number of rotatable bonds is 2. The van der Waals surface area contributed by atoms with Crippen LogP contribution in [0.15, 0.2) is 0 Å². The van der Waals surface area contributed by atoms with Crippen LogP contribution in [0.5, 0.6) is 0 Å². The molecule has 0 heterocycles. The van der Waals surface area contributed by atoms with Crippen molar-refractivity contribution in [3.63, 3.8) is 0 Å². The van der Waals surface area contributed by atoms with Crippen LogP contribution in [0, 0.1) is 17.8 Å². The third-order valence-electron chi connectivity index (χ3n) is 3.03. The van der Waals surface area contributed by atoms with E-state index in [2.05, 4.69) is 20.8 Å². The van der Waals surface area contributed by atoms with Gasteiger partial charge in [-0.1, -0.05) is 20.8 Å². The standard InChI is InChI=1S/C12H23F/c1-9(2)5-11-6-10(3)7-12(4,13)8-11/h9-11H,5-8H2,1-4H3/t10-,11+,12?/m1/s1. The first kappa shape index (κ1) is 11.0. The van der Waals surface area contributed by atoms with Crippen molar-refractivity contribution in [2.24, 2.45) is 17.8 Å². The van der Waals surface area contributed by atoms with Crippen LogP contribution in [0.3, 0.4) is 0 Å². The second kappa shape index (κ2) is 3.98. The Morgan fingerprint density at radius 3 is 2.46 bits per heavy atom. The van der Waals surface area contributed by atoms with Crippen molar-refractivity contribution in [3.05, 3.63) is 0 Å². The molecule has 0 N–H and O–H groups in total. The first-order valence-corrected chi connectivity index (χ1v) is 5.58. The first-order valence-electron chi connectivity index (χ1n) is 5.58. The van der Waals surface area contributed by atoms with Crippen LogP contribution >= 0.6 is 0 Å². The molecule has 0 aromatic carbocycles. The smallest absolute Gasteiger partial charge is 0.108 e. The van der Waals surface area contributed by atoms with Crippen LogP contribution in [0.4, 0.5) is 4.39 Å². The lowest BCUT2D eigenvalue weighted by Gasteiger charge is -2.36. The summed E-state index contributed by atoms with van der Waals surface area (Å²) in [5, 5.41) is 0. The van der Waals surface area contributed by atoms with Crippen molar-refractivity contribution >= 4 is 0 Å². The van der Waals surface area contributed by atoms with Crippen LogP contribution in [-0.4, -0.2) is 5.67 Å². The van der Waals surface area contributed by atoms with Gasteiger partial charge in [-0.3, -0.25) is 0 Å². The maximum absolute atomic E-state index is 13.8. The summed E-state index contributed by atoms with van der Waals surface area (Å²) in [6.07, 6.45) is 3.98. The molecule has 1 saturated carbocycles. The fraction of sp³-hybridized carbons (Fsp3) is 1.00. The fourth-order valence-electron chi connectivity index (χ4n) is 2.99. The molecule has 1 fully saturated rings. The van der Waals surface area contributed by atoms with E-state index in [-0.39, 0.29) is 0 Å². The van der Waals surface area contributed by atoms with Gasteiger partial charge in [0.15, 0.2) is 0 Å². The number of alkyl halides is 1. The largest absolute Gasteiger partial charge is 0.244 e. The van der Waals surface area contributed by atoms with E-state index in [1.807, 2.05) is 0 Å². The van der Waals surface area contributed by atoms with Crippen LogP contribution in [0.2, 0.25) is 0 Å². The van der Waals surface area contributed by atoms with Gasteiger partial charge in [-0.05, 0) is 50.4 Å². The molecule has 0 aromatic rings. The lowest BCUT2D eigenvalue weighted by molar-refractivity contribution is 0.0570. The SMILES string of the molecule is CC(C)C[C@H]1C[C@@H](C)CC(C)(F)C1. The van der Waals surface area contributed by atoms with E-state index in [4.69, 9.17) is 0 Å². The quantitative estimate of drug-likeness (QED) is 0.606. The van der Waals surface area contributed by atoms with Gasteiger partial charge in [0, 0.05) is 0 Å². The van der Waals surface area contributed by atoms with Crippen molar-refractivity contribution in [1.29, 1.82) is 0 Å². The van der Waals surface area contributed by atoms with Gasteiger partial charge in [0.25, 0.3) is 0 Å². The molecule has 1 heteroatoms. The summed E-state index contributed by atoms with van der Waals surface area (Å²) in [6.45, 7) is 8.42. The van der Waals surface area contributed by atoms with Gasteiger partial charge in [0.1, 0.15) is 5.67 Å². The molecule has 1 unspecified atom stereocenters. The normalized spacial score (nSPS) is 41.1. The van der Waals surface area contributed by atoms with E-state index in [9.17, 15) is 4.39 Å². The monoisotopic (exact) mass is 186 g/mol. The second-order valence-corrected chi connectivity index (χ2v) is 5.66. The van der Waals surface area contributed by atoms with Gasteiger partial charge in [-0.2, -0.15) is 0 Å². The average molecular weight is 186 g/mol. The lowest BCUT2D eigenvalue weighted by Crippen LogP contribution is -2.32. The summed E-state index contributed by atoms with van der Waals surface area (Å²) in [5.41, 5.74) is -0.892. The van der Waals surface area contributed by atoms with E-state index in [1.165, 1.54) is 12.8 Å². The van der Waals surface area contributed by atoms with Gasteiger partial charge in [-0.15, -0.1) is 0 Å². The van der Waals surface area contributed by atoms with Crippen LogP contribution in [0.1, 0.15) is 53.4 Å². The molecular weight excluding hydrogens is 163 g/mol. The summed E-state index contributed by atoms with van der Waals surface area (Å²) >= 11 is 0. The minimum Gasteiger partial charge on any atom is -0.244 e. The van der Waals surface area contributed by atoms with Crippen molar-refractivity contribution in [2.75, 3.05) is 0 Å². The molecule has 0 aliphatic heterocycles. The summed E-state index contributed by atoms with van der Waals surface area (Å²) < 4.78 is 13.8. The molecule has 0 bridgehead atoms. The summed E-state index contributed by atoms with van der Waals surface area (Å²) in [5.74, 6) is 1.91. The van der Waals surface area contributed by atoms with Crippen molar-refractivity contribution in [2.45, 2.75) is 59.0 Å². The Bertz CT molecular complexity index is 159. The molecule has 1 aliphatic rings. The highest BCUT2D eigenvalue weighted by molar-refractivity contribution is 4.86. The Labute approximate surface area is 81.9 Å². The molecule has 0 aromatic heterocycles. The highest BCUT2D eigenvalue weighted by Gasteiger charge is 2.35. The molecule has 1 rings (SSSR count). The molecule has 3 atom stereocenters. The Hall–Kier alpha value is -0.0700. The minimum absolute atomic E-state index is 0.576. The molecule has 0 spiro atoms. The lowest BCUT2D eigenvalue weighted by atomic mass is 9.72. The van der Waals surface area contributed by atoms with Crippen LogP contribution in [0.25, 0.3) is 0 Å². The Morgan fingerprint density at radius 1 is 1.38 bits per heavy atom. The predicted molar refractivity (Wildman–Crippen MR) is 55.5 cm³/mol.